The van der Waals surface area contributed by atoms with E-state index < -0.39 is 10.6 Å². The van der Waals surface area contributed by atoms with Gasteiger partial charge in [0.1, 0.15) is 0 Å². The van der Waals surface area contributed by atoms with Gasteiger partial charge in [0.2, 0.25) is 0 Å². The van der Waals surface area contributed by atoms with Gasteiger partial charge in [0.15, 0.2) is 4.51 Å². The fourth-order valence-corrected chi connectivity index (χ4v) is 10.3. The summed E-state index contributed by atoms with van der Waals surface area (Å²) in [5, 5.41) is 10.6. The number of allylic oxidation sites excluding steroid dienone is 1. The standard InChI is InChI=1S/C29H47BrO3/c1-18(2)8-7-9-19(3)24-12-13-25-23-11-10-21-16-22(32)17-29(30,33-20(4)31)28(21,6)26(23)14-15-27(24,25)5/h10,18-19,22-26,32H,7-9,11-17H2,1-6H3/t19-,22+,23+,24-,25+,26+,27-,28+,29?/m1/s1. The Morgan fingerprint density at radius 2 is 1.91 bits per heavy atom. The van der Waals surface area contributed by atoms with Gasteiger partial charge in [0, 0.05) is 18.8 Å². The van der Waals surface area contributed by atoms with E-state index in [4.69, 9.17) is 4.74 Å². The predicted octanol–water partition coefficient (Wildman–Crippen LogP) is 7.65. The van der Waals surface area contributed by atoms with Crippen molar-refractivity contribution in [3.05, 3.63) is 11.6 Å². The van der Waals surface area contributed by atoms with Gasteiger partial charge in [-0.15, -0.1) is 0 Å². The molecule has 33 heavy (non-hydrogen) atoms. The van der Waals surface area contributed by atoms with E-state index in [1.807, 2.05) is 0 Å². The topological polar surface area (TPSA) is 46.5 Å². The Hall–Kier alpha value is -0.350. The third-order valence-electron chi connectivity index (χ3n) is 10.7. The molecular formula is C29H47BrO3. The minimum absolute atomic E-state index is 0.247. The average Bonchev–Trinajstić information content (AvgIpc) is 3.05. The summed E-state index contributed by atoms with van der Waals surface area (Å²) in [6.45, 7) is 13.6. The molecule has 4 aliphatic carbocycles. The molecule has 0 radical (unpaired) electrons. The molecule has 9 atom stereocenters. The van der Waals surface area contributed by atoms with E-state index in [9.17, 15) is 9.90 Å². The van der Waals surface area contributed by atoms with E-state index in [2.05, 4.69) is 56.6 Å². The SMILES string of the molecule is CC(=O)OC1(Br)C[C@@H](O)CC2=CC[C@H]3[C@@H]4CC[C@H]([C@H](C)CCCC(C)C)[C@@]4(C)CC[C@@H]3[C@]21C. The van der Waals surface area contributed by atoms with E-state index in [1.165, 1.54) is 57.4 Å². The van der Waals surface area contributed by atoms with E-state index >= 15 is 0 Å². The monoisotopic (exact) mass is 522 g/mol. The molecule has 188 valence electrons. The number of carbonyl (C=O) groups is 1. The first-order chi connectivity index (χ1) is 15.4. The molecule has 3 fully saturated rings. The lowest BCUT2D eigenvalue weighted by Gasteiger charge is -2.62. The van der Waals surface area contributed by atoms with Crippen LogP contribution in [0.2, 0.25) is 0 Å². The zero-order chi connectivity index (χ0) is 24.2. The van der Waals surface area contributed by atoms with Crippen molar-refractivity contribution in [1.82, 2.24) is 0 Å². The van der Waals surface area contributed by atoms with Gasteiger partial charge in [-0.3, -0.25) is 4.79 Å². The minimum atomic E-state index is -0.811. The maximum absolute atomic E-state index is 12.1. The maximum Gasteiger partial charge on any atom is 0.304 e. The van der Waals surface area contributed by atoms with E-state index in [0.717, 1.165) is 30.1 Å². The van der Waals surface area contributed by atoms with Crippen molar-refractivity contribution in [2.24, 2.45) is 46.3 Å². The lowest BCUT2D eigenvalue weighted by atomic mass is 9.46. The van der Waals surface area contributed by atoms with Crippen LogP contribution in [0, 0.1) is 46.3 Å². The predicted molar refractivity (Wildman–Crippen MR) is 138 cm³/mol. The van der Waals surface area contributed by atoms with Crippen molar-refractivity contribution in [1.29, 1.82) is 0 Å². The van der Waals surface area contributed by atoms with Crippen molar-refractivity contribution in [3.8, 4) is 0 Å². The zero-order valence-electron chi connectivity index (χ0n) is 21.8. The number of aliphatic hydroxyl groups is 1. The van der Waals surface area contributed by atoms with Crippen LogP contribution in [-0.4, -0.2) is 21.7 Å². The third kappa shape index (κ3) is 4.28. The summed E-state index contributed by atoms with van der Waals surface area (Å²) in [5.74, 6) is 4.08. The van der Waals surface area contributed by atoms with Crippen molar-refractivity contribution in [3.63, 3.8) is 0 Å². The number of aliphatic hydroxyl groups excluding tert-OH is 1. The summed E-state index contributed by atoms with van der Waals surface area (Å²) in [6.07, 6.45) is 13.6. The van der Waals surface area contributed by atoms with Crippen molar-refractivity contribution in [2.45, 2.75) is 116 Å². The van der Waals surface area contributed by atoms with Crippen molar-refractivity contribution >= 4 is 21.9 Å². The first-order valence-electron chi connectivity index (χ1n) is 13.7. The first kappa shape index (κ1) is 25.7. The Kier molecular flexibility index (Phi) is 7.22. The molecule has 0 bridgehead atoms. The van der Waals surface area contributed by atoms with Crippen LogP contribution in [0.4, 0.5) is 0 Å². The van der Waals surface area contributed by atoms with Gasteiger partial charge < -0.3 is 9.84 Å². The summed E-state index contributed by atoms with van der Waals surface area (Å²) < 4.78 is 5.20. The molecule has 0 heterocycles. The van der Waals surface area contributed by atoms with Crippen LogP contribution in [0.25, 0.3) is 0 Å². The van der Waals surface area contributed by atoms with E-state index in [0.29, 0.717) is 30.1 Å². The van der Waals surface area contributed by atoms with Gasteiger partial charge in [0.05, 0.1) is 6.10 Å². The first-order valence-corrected chi connectivity index (χ1v) is 14.5. The second-order valence-corrected chi connectivity index (χ2v) is 14.2. The molecular weight excluding hydrogens is 476 g/mol. The molecule has 4 rings (SSSR count). The summed E-state index contributed by atoms with van der Waals surface area (Å²) in [4.78, 5) is 12.1. The highest BCUT2D eigenvalue weighted by Crippen LogP contribution is 2.70. The summed E-state index contributed by atoms with van der Waals surface area (Å²) in [7, 11) is 0. The largest absolute Gasteiger partial charge is 0.447 e. The number of esters is 1. The summed E-state index contributed by atoms with van der Waals surface area (Å²) >= 11 is 3.91. The number of alkyl halides is 1. The van der Waals surface area contributed by atoms with Crippen LogP contribution in [-0.2, 0) is 9.53 Å². The number of halogens is 1. The molecule has 0 saturated heterocycles. The summed E-state index contributed by atoms with van der Waals surface area (Å²) in [5.41, 5.74) is 1.49. The highest BCUT2D eigenvalue weighted by Gasteiger charge is 2.66. The van der Waals surface area contributed by atoms with Gasteiger partial charge in [-0.05, 0) is 95.4 Å². The Balaban J connectivity index is 1.59. The van der Waals surface area contributed by atoms with Crippen LogP contribution in [0.5, 0.6) is 0 Å². The molecule has 0 aromatic heterocycles. The Morgan fingerprint density at radius 1 is 1.18 bits per heavy atom. The molecule has 0 aromatic carbocycles. The molecule has 0 amide bonds. The molecule has 3 nitrogen and oxygen atoms in total. The molecule has 3 saturated carbocycles. The van der Waals surface area contributed by atoms with Crippen LogP contribution in [0.1, 0.15) is 106 Å². The number of rotatable bonds is 6. The summed E-state index contributed by atoms with van der Waals surface area (Å²) in [6, 6.07) is 0. The normalized spacial score (nSPS) is 45.6. The molecule has 4 heteroatoms. The fourth-order valence-electron chi connectivity index (χ4n) is 9.11. The van der Waals surface area contributed by atoms with Gasteiger partial charge >= 0.3 is 5.97 Å². The second kappa shape index (κ2) is 9.26. The van der Waals surface area contributed by atoms with Crippen LogP contribution >= 0.6 is 15.9 Å². The molecule has 1 unspecified atom stereocenters. The quantitative estimate of drug-likeness (QED) is 0.221. The van der Waals surface area contributed by atoms with Gasteiger partial charge in [-0.25, -0.2) is 0 Å². The van der Waals surface area contributed by atoms with E-state index in [1.54, 1.807) is 0 Å². The highest BCUT2D eigenvalue weighted by molar-refractivity contribution is 9.10. The van der Waals surface area contributed by atoms with Crippen molar-refractivity contribution in [2.75, 3.05) is 0 Å². The lowest BCUT2D eigenvalue weighted by molar-refractivity contribution is -0.173. The van der Waals surface area contributed by atoms with Crippen LogP contribution in [0.3, 0.4) is 0 Å². The number of ether oxygens (including phenoxy) is 1. The van der Waals surface area contributed by atoms with Crippen molar-refractivity contribution < 1.29 is 14.6 Å². The van der Waals surface area contributed by atoms with Gasteiger partial charge in [-0.1, -0.05) is 65.5 Å². The number of carbonyl (C=O) groups excluding carboxylic acids is 1. The Morgan fingerprint density at radius 3 is 2.58 bits per heavy atom. The fraction of sp³-hybridized carbons (Fsp3) is 0.897. The molecule has 1 N–H and O–H groups in total. The van der Waals surface area contributed by atoms with Gasteiger partial charge in [0.25, 0.3) is 0 Å². The van der Waals surface area contributed by atoms with E-state index in [-0.39, 0.29) is 11.4 Å². The Bertz CT molecular complexity index is 777. The average molecular weight is 524 g/mol. The molecule has 0 spiro atoms. The minimum Gasteiger partial charge on any atom is -0.447 e. The molecule has 0 aliphatic heterocycles. The van der Waals surface area contributed by atoms with Gasteiger partial charge in [-0.2, -0.15) is 0 Å². The van der Waals surface area contributed by atoms with Crippen LogP contribution < -0.4 is 0 Å². The highest BCUT2D eigenvalue weighted by atomic mass is 79.9. The molecule has 4 aliphatic rings. The van der Waals surface area contributed by atoms with Crippen LogP contribution in [0.15, 0.2) is 11.6 Å². The second-order valence-electron chi connectivity index (χ2n) is 13.0. The number of fused-ring (bicyclic) bond motifs is 5. The number of hydrogen-bond acceptors (Lipinski definition) is 3. The third-order valence-corrected chi connectivity index (χ3v) is 12.0. The smallest absolute Gasteiger partial charge is 0.304 e. The zero-order valence-corrected chi connectivity index (χ0v) is 23.4. The maximum atomic E-state index is 12.1. The lowest BCUT2D eigenvalue weighted by Crippen LogP contribution is -2.60. The number of hydrogen-bond donors (Lipinski definition) is 1. The molecule has 0 aromatic rings. The Labute approximate surface area is 210 Å².